The van der Waals surface area contributed by atoms with Crippen molar-refractivity contribution >= 4 is 17.7 Å². The highest BCUT2D eigenvalue weighted by Crippen LogP contribution is 2.23. The first-order valence-corrected chi connectivity index (χ1v) is 8.92. The van der Waals surface area contributed by atoms with E-state index in [2.05, 4.69) is 10.3 Å². The second-order valence-electron chi connectivity index (χ2n) is 6.89. The Bertz CT molecular complexity index is 797. The minimum atomic E-state index is -0.856. The average Bonchev–Trinajstić information content (AvgIpc) is 2.67. The van der Waals surface area contributed by atoms with Crippen LogP contribution >= 0.6 is 0 Å². The van der Waals surface area contributed by atoms with Crippen LogP contribution < -0.4 is 10.1 Å². The molecule has 1 fully saturated rings. The Balaban J connectivity index is 1.60. The molecule has 2 unspecified atom stereocenters. The predicted octanol–water partition coefficient (Wildman–Crippen LogP) is 3.24. The first kappa shape index (κ1) is 18.7. The number of nitrogens with zero attached hydrogens (tertiary/aromatic N) is 2. The topological polar surface area (TPSA) is 91.8 Å². The van der Waals surface area contributed by atoms with Crippen LogP contribution in [-0.2, 0) is 11.4 Å². The molecule has 2 heterocycles. The van der Waals surface area contributed by atoms with E-state index in [0.717, 1.165) is 5.56 Å². The molecule has 3 rings (SSSR count). The van der Waals surface area contributed by atoms with E-state index >= 15 is 0 Å². The summed E-state index contributed by atoms with van der Waals surface area (Å²) in [5, 5.41) is 12.1. The van der Waals surface area contributed by atoms with E-state index in [9.17, 15) is 14.7 Å². The van der Waals surface area contributed by atoms with Crippen LogP contribution in [-0.4, -0.2) is 40.1 Å². The molecule has 1 saturated heterocycles. The molecule has 7 nitrogen and oxygen atoms in total. The van der Waals surface area contributed by atoms with Crippen molar-refractivity contribution in [3.63, 3.8) is 0 Å². The summed E-state index contributed by atoms with van der Waals surface area (Å²) < 4.78 is 5.74. The van der Waals surface area contributed by atoms with Crippen molar-refractivity contribution in [2.24, 2.45) is 11.8 Å². The van der Waals surface area contributed by atoms with Crippen LogP contribution in [0.1, 0.15) is 18.9 Å². The largest absolute Gasteiger partial charge is 0.489 e. The fourth-order valence-corrected chi connectivity index (χ4v) is 3.21. The lowest BCUT2D eigenvalue weighted by atomic mass is 9.91. The summed E-state index contributed by atoms with van der Waals surface area (Å²) in [4.78, 5) is 29.4. The number of benzene rings is 1. The summed E-state index contributed by atoms with van der Waals surface area (Å²) in [5.74, 6) is -0.592. The van der Waals surface area contributed by atoms with Gasteiger partial charge >= 0.3 is 12.0 Å². The first-order valence-electron chi connectivity index (χ1n) is 8.92. The molecule has 0 radical (unpaired) electrons. The fourth-order valence-electron chi connectivity index (χ4n) is 3.21. The number of carboxylic acids is 1. The van der Waals surface area contributed by atoms with Crippen molar-refractivity contribution in [3.8, 4) is 5.75 Å². The van der Waals surface area contributed by atoms with Gasteiger partial charge in [-0.2, -0.15) is 0 Å². The molecule has 1 aromatic carbocycles. The van der Waals surface area contributed by atoms with E-state index < -0.39 is 11.9 Å². The lowest BCUT2D eigenvalue weighted by Gasteiger charge is -2.34. The molecule has 1 aliphatic rings. The van der Waals surface area contributed by atoms with Gasteiger partial charge in [0.05, 0.1) is 5.92 Å². The van der Waals surface area contributed by atoms with E-state index in [-0.39, 0.29) is 18.5 Å². The zero-order chi connectivity index (χ0) is 19.2. The maximum Gasteiger partial charge on any atom is 0.321 e. The molecule has 0 bridgehead atoms. The Morgan fingerprint density at radius 3 is 2.89 bits per heavy atom. The van der Waals surface area contributed by atoms with Crippen LogP contribution in [0.25, 0.3) is 0 Å². The van der Waals surface area contributed by atoms with Crippen LogP contribution in [0, 0.1) is 11.8 Å². The zero-order valence-electron chi connectivity index (χ0n) is 15.2. The molecule has 2 amide bonds. The molecule has 1 aromatic heterocycles. The second kappa shape index (κ2) is 8.53. The SMILES string of the molecule is CC1CC(C(=O)O)CN(C(=O)Nc2cccc(OCc3cccnc3)c2)C1. The first-order chi connectivity index (χ1) is 13.0. The van der Waals surface area contributed by atoms with Gasteiger partial charge in [-0.25, -0.2) is 4.79 Å². The Morgan fingerprint density at radius 1 is 1.30 bits per heavy atom. The average molecular weight is 369 g/mol. The van der Waals surface area contributed by atoms with Gasteiger partial charge < -0.3 is 20.1 Å². The van der Waals surface area contributed by atoms with E-state index in [0.29, 0.717) is 31.0 Å². The number of urea groups is 1. The molecule has 7 heteroatoms. The van der Waals surface area contributed by atoms with Gasteiger partial charge in [0.25, 0.3) is 0 Å². The number of aromatic nitrogens is 1. The number of rotatable bonds is 5. The summed E-state index contributed by atoms with van der Waals surface area (Å²) >= 11 is 0. The number of carbonyl (C=O) groups is 2. The van der Waals surface area contributed by atoms with E-state index in [1.54, 1.807) is 35.5 Å². The van der Waals surface area contributed by atoms with Crippen molar-refractivity contribution in [1.82, 2.24) is 9.88 Å². The van der Waals surface area contributed by atoms with Crippen LogP contribution in [0.3, 0.4) is 0 Å². The molecule has 1 aliphatic heterocycles. The van der Waals surface area contributed by atoms with Gasteiger partial charge in [-0.3, -0.25) is 9.78 Å². The minimum Gasteiger partial charge on any atom is -0.489 e. The molecule has 2 N–H and O–H groups in total. The lowest BCUT2D eigenvalue weighted by Crippen LogP contribution is -2.47. The lowest BCUT2D eigenvalue weighted by molar-refractivity contribution is -0.143. The molecular weight excluding hydrogens is 346 g/mol. The van der Waals surface area contributed by atoms with E-state index in [1.807, 2.05) is 25.1 Å². The van der Waals surface area contributed by atoms with Crippen molar-refractivity contribution in [3.05, 3.63) is 54.4 Å². The highest BCUT2D eigenvalue weighted by atomic mass is 16.5. The molecular formula is C20H23N3O4. The summed E-state index contributed by atoms with van der Waals surface area (Å²) in [6, 6.07) is 10.6. The summed E-state index contributed by atoms with van der Waals surface area (Å²) in [7, 11) is 0. The number of pyridine rings is 1. The molecule has 142 valence electrons. The number of carbonyl (C=O) groups excluding carboxylic acids is 1. The van der Waals surface area contributed by atoms with Crippen LogP contribution in [0.15, 0.2) is 48.8 Å². The third-order valence-corrected chi connectivity index (χ3v) is 4.51. The predicted molar refractivity (Wildman–Crippen MR) is 101 cm³/mol. The number of nitrogens with one attached hydrogen (secondary N) is 1. The molecule has 0 saturated carbocycles. The quantitative estimate of drug-likeness (QED) is 0.844. The Kier molecular flexibility index (Phi) is 5.90. The normalized spacial score (nSPS) is 19.4. The zero-order valence-corrected chi connectivity index (χ0v) is 15.2. The molecule has 27 heavy (non-hydrogen) atoms. The third-order valence-electron chi connectivity index (χ3n) is 4.51. The number of piperidine rings is 1. The monoisotopic (exact) mass is 369 g/mol. The van der Waals surface area contributed by atoms with Gasteiger partial charge in [0.1, 0.15) is 12.4 Å². The minimum absolute atomic E-state index is 0.153. The Morgan fingerprint density at radius 2 is 2.15 bits per heavy atom. The maximum atomic E-state index is 12.5. The number of aliphatic carboxylic acids is 1. The van der Waals surface area contributed by atoms with Crippen molar-refractivity contribution in [1.29, 1.82) is 0 Å². The number of hydrogen-bond acceptors (Lipinski definition) is 4. The third kappa shape index (κ3) is 5.20. The summed E-state index contributed by atoms with van der Waals surface area (Å²) in [5.41, 5.74) is 1.56. The standard InChI is InChI=1S/C20H23N3O4/c1-14-8-16(19(24)25)12-23(11-14)20(26)22-17-5-2-6-18(9-17)27-13-15-4-3-7-21-10-15/h2-7,9-10,14,16H,8,11-13H2,1H3,(H,22,26)(H,24,25). The number of amides is 2. The molecule has 2 atom stereocenters. The van der Waals surface area contributed by atoms with Crippen LogP contribution in [0.2, 0.25) is 0 Å². The number of anilines is 1. The Labute approximate surface area is 158 Å². The number of likely N-dealkylation sites (tertiary alicyclic amines) is 1. The molecule has 2 aromatic rings. The van der Waals surface area contributed by atoms with Crippen molar-refractivity contribution < 1.29 is 19.4 Å². The van der Waals surface area contributed by atoms with E-state index in [4.69, 9.17) is 4.74 Å². The Hall–Kier alpha value is -3.09. The van der Waals surface area contributed by atoms with Crippen LogP contribution in [0.4, 0.5) is 10.5 Å². The van der Waals surface area contributed by atoms with Crippen molar-refractivity contribution in [2.45, 2.75) is 20.0 Å². The fraction of sp³-hybridized carbons (Fsp3) is 0.350. The second-order valence-corrected chi connectivity index (χ2v) is 6.89. The van der Waals surface area contributed by atoms with Gasteiger partial charge in [0, 0.05) is 42.8 Å². The van der Waals surface area contributed by atoms with Gasteiger partial charge in [-0.05, 0) is 30.5 Å². The van der Waals surface area contributed by atoms with E-state index in [1.165, 1.54) is 0 Å². The smallest absolute Gasteiger partial charge is 0.321 e. The molecule has 0 spiro atoms. The van der Waals surface area contributed by atoms with Gasteiger partial charge in [-0.1, -0.05) is 19.1 Å². The molecule has 0 aliphatic carbocycles. The number of ether oxygens (including phenoxy) is 1. The number of carboxylic acid groups (broad SMARTS) is 1. The van der Waals surface area contributed by atoms with Gasteiger partial charge in [-0.15, -0.1) is 0 Å². The summed E-state index contributed by atoms with van der Waals surface area (Å²) in [6.45, 7) is 3.12. The highest BCUT2D eigenvalue weighted by molar-refractivity contribution is 5.90. The van der Waals surface area contributed by atoms with Gasteiger partial charge in [0.15, 0.2) is 0 Å². The van der Waals surface area contributed by atoms with Crippen LogP contribution in [0.5, 0.6) is 5.75 Å². The van der Waals surface area contributed by atoms with Gasteiger partial charge in [0.2, 0.25) is 0 Å². The summed E-state index contributed by atoms with van der Waals surface area (Å²) in [6.07, 6.45) is 4.04. The highest BCUT2D eigenvalue weighted by Gasteiger charge is 2.31. The number of hydrogen-bond donors (Lipinski definition) is 2. The maximum absolute atomic E-state index is 12.5. The van der Waals surface area contributed by atoms with Crippen molar-refractivity contribution in [2.75, 3.05) is 18.4 Å².